The van der Waals surface area contributed by atoms with E-state index in [1.54, 1.807) is 0 Å². The molecule has 1 aromatic rings. The summed E-state index contributed by atoms with van der Waals surface area (Å²) in [5.74, 6) is -1.23. The average Bonchev–Trinajstić information content (AvgIpc) is 2.52. The molecule has 0 saturated carbocycles. The van der Waals surface area contributed by atoms with Gasteiger partial charge in [-0.2, -0.15) is 0 Å². The smallest absolute Gasteiger partial charge is 0.326 e. The maximum absolute atomic E-state index is 12.1. The van der Waals surface area contributed by atoms with Crippen molar-refractivity contribution >= 4 is 11.9 Å². The Kier molecular flexibility index (Phi) is 5.75. The van der Waals surface area contributed by atoms with E-state index in [4.69, 9.17) is 0 Å². The van der Waals surface area contributed by atoms with Crippen molar-refractivity contribution in [2.45, 2.75) is 31.7 Å². The molecule has 1 unspecified atom stereocenters. The molecule has 3 N–H and O–H groups in total. The second kappa shape index (κ2) is 7.78. The van der Waals surface area contributed by atoms with E-state index in [-0.39, 0.29) is 11.8 Å². The first kappa shape index (κ1) is 15.5. The number of aliphatic carboxylic acids is 1. The molecule has 2 rings (SSSR count). The first-order chi connectivity index (χ1) is 10.2. The van der Waals surface area contributed by atoms with E-state index < -0.39 is 12.0 Å². The summed E-state index contributed by atoms with van der Waals surface area (Å²) in [5, 5.41) is 15.1. The SMILES string of the molecule is O=C(O)C(CCc1ccccc1)NC(=O)[C@H]1CCCNC1. The molecule has 5 heteroatoms. The standard InChI is InChI=1S/C16H22N2O3/c19-15(13-7-4-10-17-11-13)18-14(16(20)21)9-8-12-5-2-1-3-6-12/h1-3,5-6,13-14,17H,4,7-11H2,(H,18,19)(H,20,21)/t13-,14?/m0/s1. The van der Waals surface area contributed by atoms with Gasteiger partial charge >= 0.3 is 5.97 Å². The summed E-state index contributed by atoms with van der Waals surface area (Å²) in [6, 6.07) is 8.89. The molecule has 0 bridgehead atoms. The van der Waals surface area contributed by atoms with Gasteiger partial charge in [0.2, 0.25) is 5.91 Å². The van der Waals surface area contributed by atoms with E-state index in [0.29, 0.717) is 19.4 Å². The normalized spacial score (nSPS) is 19.7. The highest BCUT2D eigenvalue weighted by molar-refractivity contribution is 5.85. The quantitative estimate of drug-likeness (QED) is 0.735. The third kappa shape index (κ3) is 4.86. The predicted molar refractivity (Wildman–Crippen MR) is 79.9 cm³/mol. The molecule has 1 heterocycles. The number of amides is 1. The van der Waals surface area contributed by atoms with Gasteiger partial charge in [-0.15, -0.1) is 0 Å². The molecule has 21 heavy (non-hydrogen) atoms. The molecular weight excluding hydrogens is 268 g/mol. The Hall–Kier alpha value is -1.88. The molecule has 1 aliphatic rings. The third-order valence-corrected chi connectivity index (χ3v) is 3.85. The van der Waals surface area contributed by atoms with Crippen LogP contribution in [-0.4, -0.2) is 36.1 Å². The number of carboxylic acid groups (broad SMARTS) is 1. The van der Waals surface area contributed by atoms with Gasteiger partial charge < -0.3 is 15.7 Å². The molecule has 1 fully saturated rings. The highest BCUT2D eigenvalue weighted by Gasteiger charge is 2.26. The summed E-state index contributed by atoms with van der Waals surface area (Å²) in [7, 11) is 0. The van der Waals surface area contributed by atoms with Crippen LogP contribution in [0.15, 0.2) is 30.3 Å². The number of hydrogen-bond acceptors (Lipinski definition) is 3. The molecule has 0 spiro atoms. The number of piperidine rings is 1. The second-order valence-electron chi connectivity index (χ2n) is 5.47. The van der Waals surface area contributed by atoms with Crippen molar-refractivity contribution in [3.8, 4) is 0 Å². The molecule has 1 saturated heterocycles. The number of nitrogens with one attached hydrogen (secondary N) is 2. The summed E-state index contributed by atoms with van der Waals surface area (Å²) >= 11 is 0. The number of carbonyl (C=O) groups is 2. The molecule has 0 aliphatic carbocycles. The van der Waals surface area contributed by atoms with Gasteiger partial charge in [0.25, 0.3) is 0 Å². The zero-order valence-corrected chi connectivity index (χ0v) is 12.0. The zero-order chi connectivity index (χ0) is 15.1. The van der Waals surface area contributed by atoms with Gasteiger partial charge in [0, 0.05) is 6.54 Å². The van der Waals surface area contributed by atoms with Gasteiger partial charge in [0.05, 0.1) is 5.92 Å². The van der Waals surface area contributed by atoms with Gasteiger partial charge in [-0.1, -0.05) is 30.3 Å². The molecule has 5 nitrogen and oxygen atoms in total. The number of rotatable bonds is 6. The Bertz CT molecular complexity index is 470. The van der Waals surface area contributed by atoms with Crippen molar-refractivity contribution in [2.24, 2.45) is 5.92 Å². The number of aryl methyl sites for hydroxylation is 1. The Morgan fingerprint density at radius 2 is 2.10 bits per heavy atom. The molecule has 0 radical (unpaired) electrons. The van der Waals surface area contributed by atoms with Crippen molar-refractivity contribution < 1.29 is 14.7 Å². The maximum Gasteiger partial charge on any atom is 0.326 e. The maximum atomic E-state index is 12.1. The number of carboxylic acids is 1. The minimum Gasteiger partial charge on any atom is -0.480 e. The largest absolute Gasteiger partial charge is 0.480 e. The van der Waals surface area contributed by atoms with Crippen LogP contribution in [0.25, 0.3) is 0 Å². The molecule has 1 aromatic carbocycles. The molecule has 2 atom stereocenters. The molecule has 1 aliphatic heterocycles. The van der Waals surface area contributed by atoms with Crippen LogP contribution < -0.4 is 10.6 Å². The van der Waals surface area contributed by atoms with Crippen LogP contribution in [0, 0.1) is 5.92 Å². The lowest BCUT2D eigenvalue weighted by molar-refractivity contribution is -0.142. The highest BCUT2D eigenvalue weighted by atomic mass is 16.4. The van der Waals surface area contributed by atoms with Crippen molar-refractivity contribution in [3.05, 3.63) is 35.9 Å². The number of hydrogen-bond donors (Lipinski definition) is 3. The van der Waals surface area contributed by atoms with Crippen LogP contribution in [-0.2, 0) is 16.0 Å². The van der Waals surface area contributed by atoms with E-state index >= 15 is 0 Å². The lowest BCUT2D eigenvalue weighted by Gasteiger charge is -2.24. The number of benzene rings is 1. The lowest BCUT2D eigenvalue weighted by atomic mass is 9.97. The van der Waals surface area contributed by atoms with Crippen LogP contribution in [0.3, 0.4) is 0 Å². The zero-order valence-electron chi connectivity index (χ0n) is 12.0. The minimum absolute atomic E-state index is 0.114. The van der Waals surface area contributed by atoms with Gasteiger partial charge in [-0.3, -0.25) is 4.79 Å². The third-order valence-electron chi connectivity index (χ3n) is 3.85. The monoisotopic (exact) mass is 290 g/mol. The Balaban J connectivity index is 1.86. The fourth-order valence-corrected chi connectivity index (χ4v) is 2.58. The number of carbonyl (C=O) groups excluding carboxylic acids is 1. The van der Waals surface area contributed by atoms with Gasteiger partial charge in [0.15, 0.2) is 0 Å². The molecule has 0 aromatic heterocycles. The van der Waals surface area contributed by atoms with Crippen LogP contribution in [0.1, 0.15) is 24.8 Å². The van der Waals surface area contributed by atoms with Gasteiger partial charge in [-0.05, 0) is 37.8 Å². The summed E-state index contributed by atoms with van der Waals surface area (Å²) < 4.78 is 0. The Labute approximate surface area is 124 Å². The summed E-state index contributed by atoms with van der Waals surface area (Å²) in [5.41, 5.74) is 1.08. The minimum atomic E-state index is -0.969. The van der Waals surface area contributed by atoms with Crippen LogP contribution in [0.4, 0.5) is 0 Å². The van der Waals surface area contributed by atoms with E-state index in [1.807, 2.05) is 30.3 Å². The van der Waals surface area contributed by atoms with Crippen molar-refractivity contribution in [2.75, 3.05) is 13.1 Å². The lowest BCUT2D eigenvalue weighted by Crippen LogP contribution is -2.47. The van der Waals surface area contributed by atoms with Crippen LogP contribution >= 0.6 is 0 Å². The Morgan fingerprint density at radius 1 is 1.33 bits per heavy atom. The van der Waals surface area contributed by atoms with Crippen molar-refractivity contribution in [3.63, 3.8) is 0 Å². The van der Waals surface area contributed by atoms with Crippen molar-refractivity contribution in [1.29, 1.82) is 0 Å². The first-order valence-corrected chi connectivity index (χ1v) is 7.44. The van der Waals surface area contributed by atoms with Gasteiger partial charge in [0.1, 0.15) is 6.04 Å². The topological polar surface area (TPSA) is 78.4 Å². The summed E-state index contributed by atoms with van der Waals surface area (Å²) in [6.45, 7) is 1.57. The van der Waals surface area contributed by atoms with E-state index in [0.717, 1.165) is 24.9 Å². The van der Waals surface area contributed by atoms with E-state index in [9.17, 15) is 14.7 Å². The molecular formula is C16H22N2O3. The average molecular weight is 290 g/mol. The second-order valence-corrected chi connectivity index (χ2v) is 5.47. The van der Waals surface area contributed by atoms with E-state index in [2.05, 4.69) is 10.6 Å². The predicted octanol–water partition coefficient (Wildman–Crippen LogP) is 1.19. The van der Waals surface area contributed by atoms with E-state index in [1.165, 1.54) is 0 Å². The molecule has 114 valence electrons. The fraction of sp³-hybridized carbons (Fsp3) is 0.500. The van der Waals surface area contributed by atoms with Gasteiger partial charge in [-0.25, -0.2) is 4.79 Å². The van der Waals surface area contributed by atoms with Crippen LogP contribution in [0.5, 0.6) is 0 Å². The van der Waals surface area contributed by atoms with Crippen molar-refractivity contribution in [1.82, 2.24) is 10.6 Å². The molecule has 1 amide bonds. The highest BCUT2D eigenvalue weighted by Crippen LogP contribution is 2.11. The van der Waals surface area contributed by atoms with Crippen LogP contribution in [0.2, 0.25) is 0 Å². The summed E-state index contributed by atoms with van der Waals surface area (Å²) in [6.07, 6.45) is 2.83. The fourth-order valence-electron chi connectivity index (χ4n) is 2.58. The summed E-state index contributed by atoms with van der Waals surface area (Å²) in [4.78, 5) is 23.4. The first-order valence-electron chi connectivity index (χ1n) is 7.44. The Morgan fingerprint density at radius 3 is 2.71 bits per heavy atom.